The highest BCUT2D eigenvalue weighted by Crippen LogP contribution is 2.27. The van der Waals surface area contributed by atoms with Crippen LogP contribution in [0.25, 0.3) is 0 Å². The van der Waals surface area contributed by atoms with Crippen LogP contribution in [0.15, 0.2) is 22.8 Å². The minimum absolute atomic E-state index is 0.418. The fraction of sp³-hybridized carbons (Fsp3) is 0.714. The molecular weight excluding hydrogens is 212 g/mol. The van der Waals surface area contributed by atoms with Crippen molar-refractivity contribution in [3.05, 3.63) is 24.2 Å². The number of hydrogen-bond acceptors (Lipinski definition) is 3. The van der Waals surface area contributed by atoms with E-state index in [0.29, 0.717) is 6.04 Å². The Kier molecular flexibility index (Phi) is 4.63. The molecule has 3 heteroatoms. The lowest BCUT2D eigenvalue weighted by molar-refractivity contribution is 0.223. The van der Waals surface area contributed by atoms with Gasteiger partial charge in [0, 0.05) is 6.54 Å². The number of nitrogens with zero attached hydrogens (tertiary/aromatic N) is 1. The van der Waals surface area contributed by atoms with Crippen LogP contribution in [0.3, 0.4) is 0 Å². The second kappa shape index (κ2) is 6.22. The van der Waals surface area contributed by atoms with Crippen LogP contribution in [0.2, 0.25) is 0 Å². The van der Waals surface area contributed by atoms with Crippen LogP contribution in [-0.4, -0.2) is 31.1 Å². The van der Waals surface area contributed by atoms with Gasteiger partial charge in [0.25, 0.3) is 0 Å². The Labute approximate surface area is 104 Å². The van der Waals surface area contributed by atoms with Gasteiger partial charge in [-0.25, -0.2) is 0 Å². The molecule has 1 fully saturated rings. The summed E-state index contributed by atoms with van der Waals surface area (Å²) >= 11 is 0. The van der Waals surface area contributed by atoms with Gasteiger partial charge in [-0.3, -0.25) is 4.90 Å². The van der Waals surface area contributed by atoms with Crippen LogP contribution in [0.5, 0.6) is 0 Å². The highest BCUT2D eigenvalue weighted by Gasteiger charge is 2.27. The summed E-state index contributed by atoms with van der Waals surface area (Å²) in [4.78, 5) is 2.52. The second-order valence-corrected chi connectivity index (χ2v) is 5.05. The zero-order valence-electron chi connectivity index (χ0n) is 11.0. The first-order valence-electron chi connectivity index (χ1n) is 6.79. The minimum Gasteiger partial charge on any atom is -0.468 e. The number of nitrogens with one attached hydrogen (secondary N) is 1. The molecule has 1 aromatic heterocycles. The lowest BCUT2D eigenvalue weighted by Crippen LogP contribution is -2.28. The van der Waals surface area contributed by atoms with Crippen molar-refractivity contribution in [2.45, 2.75) is 32.7 Å². The lowest BCUT2D eigenvalue weighted by atomic mass is 10.1. The molecule has 1 aliphatic rings. The molecular formula is C14H24N2O. The molecule has 3 nitrogen and oxygen atoms in total. The molecule has 0 aliphatic carbocycles. The number of furan rings is 1. The van der Waals surface area contributed by atoms with Gasteiger partial charge in [0.05, 0.1) is 12.3 Å². The summed E-state index contributed by atoms with van der Waals surface area (Å²) in [5.74, 6) is 1.89. The molecule has 1 aromatic rings. The normalized spacial score (nSPS) is 23.1. The first-order chi connectivity index (χ1) is 8.31. The standard InChI is InChI=1S/C14H24N2O/c1-3-7-15-10-13-6-8-16(11-13)12(2)14-5-4-9-17-14/h4-5,9,12-13,15H,3,6-8,10-11H2,1-2H3. The second-order valence-electron chi connectivity index (χ2n) is 5.05. The predicted octanol–water partition coefficient (Wildman–Crippen LogP) is 2.66. The van der Waals surface area contributed by atoms with Crippen molar-refractivity contribution in [2.75, 3.05) is 26.2 Å². The summed E-state index contributed by atoms with van der Waals surface area (Å²) in [5, 5.41) is 3.52. The summed E-state index contributed by atoms with van der Waals surface area (Å²) in [6, 6.07) is 4.47. The van der Waals surface area contributed by atoms with Crippen LogP contribution in [0.1, 0.15) is 38.5 Å². The van der Waals surface area contributed by atoms with Crippen molar-refractivity contribution in [3.63, 3.8) is 0 Å². The van der Waals surface area contributed by atoms with Gasteiger partial charge >= 0.3 is 0 Å². The van der Waals surface area contributed by atoms with Crippen LogP contribution >= 0.6 is 0 Å². The van der Waals surface area contributed by atoms with Gasteiger partial charge in [0.15, 0.2) is 0 Å². The zero-order valence-corrected chi connectivity index (χ0v) is 11.0. The fourth-order valence-corrected chi connectivity index (χ4v) is 2.57. The quantitative estimate of drug-likeness (QED) is 0.770. The Morgan fingerprint density at radius 3 is 3.18 bits per heavy atom. The van der Waals surface area contributed by atoms with E-state index in [1.54, 1.807) is 6.26 Å². The highest BCUT2D eigenvalue weighted by atomic mass is 16.3. The Hall–Kier alpha value is -0.800. The van der Waals surface area contributed by atoms with Crippen LogP contribution < -0.4 is 5.32 Å². The van der Waals surface area contributed by atoms with E-state index in [0.717, 1.165) is 24.8 Å². The zero-order chi connectivity index (χ0) is 12.1. The molecule has 1 N–H and O–H groups in total. The fourth-order valence-electron chi connectivity index (χ4n) is 2.57. The monoisotopic (exact) mass is 236 g/mol. The van der Waals surface area contributed by atoms with E-state index in [1.165, 1.54) is 25.9 Å². The van der Waals surface area contributed by atoms with Crippen LogP contribution in [0.4, 0.5) is 0 Å². The maximum atomic E-state index is 5.48. The number of hydrogen-bond donors (Lipinski definition) is 1. The van der Waals surface area contributed by atoms with Crippen LogP contribution in [-0.2, 0) is 0 Å². The summed E-state index contributed by atoms with van der Waals surface area (Å²) in [7, 11) is 0. The van der Waals surface area contributed by atoms with E-state index in [1.807, 2.05) is 6.07 Å². The molecule has 0 spiro atoms. The van der Waals surface area contributed by atoms with E-state index in [-0.39, 0.29) is 0 Å². The largest absolute Gasteiger partial charge is 0.468 e. The van der Waals surface area contributed by atoms with Gasteiger partial charge in [-0.1, -0.05) is 6.92 Å². The maximum Gasteiger partial charge on any atom is 0.120 e. The molecule has 2 rings (SSSR count). The molecule has 0 aromatic carbocycles. The van der Waals surface area contributed by atoms with Crippen molar-refractivity contribution in [2.24, 2.45) is 5.92 Å². The molecule has 0 saturated carbocycles. The molecule has 1 aliphatic heterocycles. The Morgan fingerprint density at radius 2 is 2.47 bits per heavy atom. The third kappa shape index (κ3) is 3.33. The summed E-state index contributed by atoms with van der Waals surface area (Å²) in [6.45, 7) is 9.14. The highest BCUT2D eigenvalue weighted by molar-refractivity contribution is 5.04. The molecule has 2 atom stereocenters. The van der Waals surface area contributed by atoms with Gasteiger partial charge in [0.1, 0.15) is 5.76 Å². The van der Waals surface area contributed by atoms with Crippen molar-refractivity contribution in [1.29, 1.82) is 0 Å². The van der Waals surface area contributed by atoms with Crippen molar-refractivity contribution in [3.8, 4) is 0 Å². The molecule has 17 heavy (non-hydrogen) atoms. The van der Waals surface area contributed by atoms with Gasteiger partial charge in [-0.2, -0.15) is 0 Å². The summed E-state index contributed by atoms with van der Waals surface area (Å²) in [5.41, 5.74) is 0. The number of likely N-dealkylation sites (tertiary alicyclic amines) is 1. The van der Waals surface area contributed by atoms with E-state index in [4.69, 9.17) is 4.42 Å². The Bertz CT molecular complexity index is 310. The molecule has 0 bridgehead atoms. The van der Waals surface area contributed by atoms with Gasteiger partial charge in [0.2, 0.25) is 0 Å². The SMILES string of the molecule is CCCNCC1CCN(C(C)c2ccco2)C1. The summed E-state index contributed by atoms with van der Waals surface area (Å²) in [6.07, 6.45) is 4.29. The molecule has 2 heterocycles. The van der Waals surface area contributed by atoms with Crippen molar-refractivity contribution < 1.29 is 4.42 Å². The van der Waals surface area contributed by atoms with E-state index >= 15 is 0 Å². The maximum absolute atomic E-state index is 5.48. The Morgan fingerprint density at radius 1 is 1.59 bits per heavy atom. The van der Waals surface area contributed by atoms with Crippen LogP contribution in [0, 0.1) is 5.92 Å². The average Bonchev–Trinajstić information content (AvgIpc) is 3.00. The molecule has 2 unspecified atom stereocenters. The average molecular weight is 236 g/mol. The van der Waals surface area contributed by atoms with Crippen molar-refractivity contribution in [1.82, 2.24) is 10.2 Å². The smallest absolute Gasteiger partial charge is 0.120 e. The van der Waals surface area contributed by atoms with Gasteiger partial charge in [-0.05, 0) is 57.5 Å². The van der Waals surface area contributed by atoms with Crippen molar-refractivity contribution >= 4 is 0 Å². The Balaban J connectivity index is 1.77. The first-order valence-corrected chi connectivity index (χ1v) is 6.79. The molecule has 1 saturated heterocycles. The van der Waals surface area contributed by atoms with Gasteiger partial charge < -0.3 is 9.73 Å². The molecule has 96 valence electrons. The third-order valence-corrected chi connectivity index (χ3v) is 3.68. The van der Waals surface area contributed by atoms with E-state index in [2.05, 4.69) is 30.1 Å². The van der Waals surface area contributed by atoms with E-state index < -0.39 is 0 Å². The van der Waals surface area contributed by atoms with Gasteiger partial charge in [-0.15, -0.1) is 0 Å². The van der Waals surface area contributed by atoms with E-state index in [9.17, 15) is 0 Å². The minimum atomic E-state index is 0.418. The third-order valence-electron chi connectivity index (χ3n) is 3.68. The predicted molar refractivity (Wildman–Crippen MR) is 70.0 cm³/mol. The topological polar surface area (TPSA) is 28.4 Å². The molecule has 0 radical (unpaired) electrons. The molecule has 0 amide bonds. The summed E-state index contributed by atoms with van der Waals surface area (Å²) < 4.78 is 5.48. The first kappa shape index (κ1) is 12.7. The number of rotatable bonds is 6. The lowest BCUT2D eigenvalue weighted by Gasteiger charge is -2.22.